The lowest BCUT2D eigenvalue weighted by molar-refractivity contribution is -0.136. The van der Waals surface area contributed by atoms with E-state index in [9.17, 15) is 4.79 Å². The van der Waals surface area contributed by atoms with Gasteiger partial charge in [-0.05, 0) is 24.9 Å². The molecule has 1 unspecified atom stereocenters. The van der Waals surface area contributed by atoms with Crippen molar-refractivity contribution in [1.29, 1.82) is 0 Å². The van der Waals surface area contributed by atoms with Crippen LogP contribution in [0, 0.1) is 0 Å². The van der Waals surface area contributed by atoms with Crippen LogP contribution in [0.25, 0.3) is 0 Å². The van der Waals surface area contributed by atoms with Crippen molar-refractivity contribution in [3.63, 3.8) is 0 Å². The maximum atomic E-state index is 10.2. The van der Waals surface area contributed by atoms with E-state index in [0.29, 0.717) is 12.6 Å². The van der Waals surface area contributed by atoms with Gasteiger partial charge in [0, 0.05) is 12.6 Å². The summed E-state index contributed by atoms with van der Waals surface area (Å²) < 4.78 is 0. The Kier molecular flexibility index (Phi) is 8.24. The highest BCUT2D eigenvalue weighted by Gasteiger charge is 2.01. The van der Waals surface area contributed by atoms with Crippen molar-refractivity contribution in [2.75, 3.05) is 18.1 Å². The average molecular weight is 205 g/mol. The molecule has 0 aromatic rings. The summed E-state index contributed by atoms with van der Waals surface area (Å²) >= 11 is 1.92. The summed E-state index contributed by atoms with van der Waals surface area (Å²) in [5.74, 6) is 1.57. The molecule has 0 saturated heterocycles. The molecular weight excluding hydrogens is 186 g/mol. The second-order valence-electron chi connectivity index (χ2n) is 2.98. The maximum Gasteiger partial charge on any atom is 0.304 e. The van der Waals surface area contributed by atoms with E-state index in [-0.39, 0.29) is 6.42 Å². The molecule has 0 heterocycles. The normalized spacial score (nSPS) is 12.8. The van der Waals surface area contributed by atoms with Gasteiger partial charge in [-0.2, -0.15) is 11.8 Å². The number of hydrogen-bond donors (Lipinski definition) is 2. The fourth-order valence-corrected chi connectivity index (χ4v) is 1.74. The lowest BCUT2D eigenvalue weighted by Gasteiger charge is -2.11. The number of carboxylic acids is 1. The lowest BCUT2D eigenvalue weighted by Crippen LogP contribution is -2.28. The first-order valence-corrected chi connectivity index (χ1v) is 5.85. The van der Waals surface area contributed by atoms with Gasteiger partial charge in [-0.3, -0.25) is 4.79 Å². The van der Waals surface area contributed by atoms with Crippen LogP contribution >= 0.6 is 11.8 Å². The van der Waals surface area contributed by atoms with E-state index < -0.39 is 5.97 Å². The molecule has 3 nitrogen and oxygen atoms in total. The monoisotopic (exact) mass is 205 g/mol. The predicted molar refractivity (Wildman–Crippen MR) is 57.3 cm³/mol. The van der Waals surface area contributed by atoms with Crippen molar-refractivity contribution >= 4 is 17.7 Å². The van der Waals surface area contributed by atoms with Crippen LogP contribution in [-0.4, -0.2) is 35.2 Å². The van der Waals surface area contributed by atoms with E-state index in [1.165, 1.54) is 0 Å². The Morgan fingerprint density at radius 3 is 2.85 bits per heavy atom. The van der Waals surface area contributed by atoms with Crippen LogP contribution in [0.3, 0.4) is 0 Å². The van der Waals surface area contributed by atoms with Crippen molar-refractivity contribution < 1.29 is 9.90 Å². The molecule has 0 aromatic carbocycles. The highest BCUT2D eigenvalue weighted by atomic mass is 32.2. The van der Waals surface area contributed by atoms with Gasteiger partial charge in [-0.15, -0.1) is 0 Å². The van der Waals surface area contributed by atoms with Crippen LogP contribution in [0.5, 0.6) is 0 Å². The van der Waals surface area contributed by atoms with Crippen LogP contribution in [-0.2, 0) is 4.79 Å². The molecule has 0 saturated carbocycles. The zero-order chi connectivity index (χ0) is 10.1. The topological polar surface area (TPSA) is 49.3 Å². The molecule has 0 rings (SSSR count). The smallest absolute Gasteiger partial charge is 0.304 e. The molecule has 0 bridgehead atoms. The second-order valence-corrected chi connectivity index (χ2v) is 4.38. The number of rotatable bonds is 8. The lowest BCUT2D eigenvalue weighted by atomic mass is 10.2. The zero-order valence-corrected chi connectivity index (χ0v) is 9.19. The number of aliphatic carboxylic acids is 1. The largest absolute Gasteiger partial charge is 0.481 e. The van der Waals surface area contributed by atoms with Crippen molar-refractivity contribution in [2.45, 2.75) is 32.7 Å². The van der Waals surface area contributed by atoms with Gasteiger partial charge >= 0.3 is 5.97 Å². The summed E-state index contributed by atoms with van der Waals surface area (Å²) in [6.07, 6.45) is 1.32. The van der Waals surface area contributed by atoms with Crippen molar-refractivity contribution in [3.05, 3.63) is 0 Å². The Bertz CT molecular complexity index is 142. The first-order chi connectivity index (χ1) is 6.16. The second kappa shape index (κ2) is 8.38. The van der Waals surface area contributed by atoms with Gasteiger partial charge in [0.1, 0.15) is 0 Å². The van der Waals surface area contributed by atoms with Gasteiger partial charge in [0.05, 0.1) is 6.42 Å². The molecule has 78 valence electrons. The minimum atomic E-state index is -0.734. The number of carboxylic acid groups (broad SMARTS) is 1. The Morgan fingerprint density at radius 1 is 1.62 bits per heavy atom. The Balaban J connectivity index is 3.19. The van der Waals surface area contributed by atoms with Gasteiger partial charge < -0.3 is 10.4 Å². The third-order valence-corrected chi connectivity index (χ3v) is 2.66. The SMILES string of the molecule is CCSCCC(C)NCCC(=O)O. The minimum Gasteiger partial charge on any atom is -0.481 e. The Morgan fingerprint density at radius 2 is 2.31 bits per heavy atom. The molecule has 0 radical (unpaired) electrons. The van der Waals surface area contributed by atoms with Gasteiger partial charge in [0.2, 0.25) is 0 Å². The van der Waals surface area contributed by atoms with Crippen LogP contribution < -0.4 is 5.32 Å². The molecule has 0 spiro atoms. The Hall–Kier alpha value is -0.220. The van der Waals surface area contributed by atoms with Crippen molar-refractivity contribution in [2.24, 2.45) is 0 Å². The average Bonchev–Trinajstić information content (AvgIpc) is 2.04. The summed E-state index contributed by atoms with van der Waals surface area (Å²) in [6.45, 7) is 4.82. The molecule has 0 aromatic heterocycles. The predicted octanol–water partition coefficient (Wildman–Crippen LogP) is 1.58. The van der Waals surface area contributed by atoms with Crippen LogP contribution in [0.15, 0.2) is 0 Å². The fourth-order valence-electron chi connectivity index (χ4n) is 0.932. The fraction of sp³-hybridized carbons (Fsp3) is 0.889. The zero-order valence-electron chi connectivity index (χ0n) is 8.38. The summed E-state index contributed by atoms with van der Waals surface area (Å²) in [5.41, 5.74) is 0. The molecule has 0 aliphatic rings. The first-order valence-electron chi connectivity index (χ1n) is 4.69. The van der Waals surface area contributed by atoms with Crippen LogP contribution in [0.4, 0.5) is 0 Å². The number of hydrogen-bond acceptors (Lipinski definition) is 3. The minimum absolute atomic E-state index is 0.214. The summed E-state index contributed by atoms with van der Waals surface area (Å²) in [7, 11) is 0. The van der Waals surface area contributed by atoms with Gasteiger partial charge in [-0.25, -0.2) is 0 Å². The van der Waals surface area contributed by atoms with Crippen LogP contribution in [0.1, 0.15) is 26.7 Å². The third-order valence-electron chi connectivity index (χ3n) is 1.73. The molecule has 0 fully saturated rings. The third kappa shape index (κ3) is 9.70. The molecule has 0 aliphatic heterocycles. The molecule has 0 amide bonds. The molecule has 0 aliphatic carbocycles. The summed E-state index contributed by atoms with van der Waals surface area (Å²) in [4.78, 5) is 10.2. The number of carbonyl (C=O) groups is 1. The van der Waals surface area contributed by atoms with Gasteiger partial charge in [-0.1, -0.05) is 6.92 Å². The molecule has 13 heavy (non-hydrogen) atoms. The van der Waals surface area contributed by atoms with E-state index in [1.807, 2.05) is 11.8 Å². The molecule has 2 N–H and O–H groups in total. The van der Waals surface area contributed by atoms with E-state index in [2.05, 4.69) is 19.2 Å². The summed E-state index contributed by atoms with van der Waals surface area (Å²) in [5, 5.41) is 11.6. The quantitative estimate of drug-likeness (QED) is 0.591. The maximum absolute atomic E-state index is 10.2. The standard InChI is InChI=1S/C9H19NO2S/c1-3-13-7-5-8(2)10-6-4-9(11)12/h8,10H,3-7H2,1-2H3,(H,11,12). The number of thioether (sulfide) groups is 1. The van der Waals surface area contributed by atoms with E-state index in [4.69, 9.17) is 5.11 Å². The molecule has 4 heteroatoms. The van der Waals surface area contributed by atoms with E-state index >= 15 is 0 Å². The van der Waals surface area contributed by atoms with E-state index in [1.54, 1.807) is 0 Å². The van der Waals surface area contributed by atoms with Crippen molar-refractivity contribution in [1.82, 2.24) is 5.32 Å². The summed E-state index contributed by atoms with van der Waals surface area (Å²) in [6, 6.07) is 0.429. The van der Waals surface area contributed by atoms with E-state index in [0.717, 1.165) is 17.9 Å². The first kappa shape index (κ1) is 12.8. The molecular formula is C9H19NO2S. The van der Waals surface area contributed by atoms with Crippen molar-refractivity contribution in [3.8, 4) is 0 Å². The molecule has 1 atom stereocenters. The van der Waals surface area contributed by atoms with Crippen LogP contribution in [0.2, 0.25) is 0 Å². The highest BCUT2D eigenvalue weighted by Crippen LogP contribution is 2.03. The highest BCUT2D eigenvalue weighted by molar-refractivity contribution is 7.99. The van der Waals surface area contributed by atoms with Gasteiger partial charge in [0.25, 0.3) is 0 Å². The Labute approximate surface area is 84.3 Å². The van der Waals surface area contributed by atoms with Gasteiger partial charge in [0.15, 0.2) is 0 Å². The number of nitrogens with one attached hydrogen (secondary N) is 1.